The van der Waals surface area contributed by atoms with Gasteiger partial charge in [0.15, 0.2) is 0 Å². The fraction of sp³-hybridized carbons (Fsp3) is 0.300. The second kappa shape index (κ2) is 6.74. The minimum absolute atomic E-state index is 0.0988. The average molecular weight is 301 g/mol. The molecule has 0 fully saturated rings. The normalized spacial score (nSPS) is 9.41. The van der Waals surface area contributed by atoms with Gasteiger partial charge in [0, 0.05) is 0 Å². The number of hydrogen-bond acceptors (Lipinski definition) is 5. The fourth-order valence-corrected chi connectivity index (χ4v) is 1.69. The van der Waals surface area contributed by atoms with Gasteiger partial charge in [0.25, 0.3) is 0 Å². The van der Waals surface area contributed by atoms with Crippen LogP contribution in [0.1, 0.15) is 0 Å². The van der Waals surface area contributed by atoms with Gasteiger partial charge in [-0.1, -0.05) is 0 Å². The van der Waals surface area contributed by atoms with Crippen LogP contribution < -0.4 is 9.47 Å². The molecule has 0 radical (unpaired) electrons. The van der Waals surface area contributed by atoms with Crippen LogP contribution in [0, 0.1) is 20.3 Å². The second-order valence-electron chi connectivity index (χ2n) is 2.88. The Labute approximate surface area is 104 Å². The standard InChI is InChI=1S/C10H10N2O4Se/c1-15-10-3-2-8(6-9(10)12(13)14)16-4-5-17-7-11/h2-3,6H,4-5H2,1H3. The van der Waals surface area contributed by atoms with Gasteiger partial charge in [-0.15, -0.1) is 0 Å². The van der Waals surface area contributed by atoms with Gasteiger partial charge >= 0.3 is 104 Å². The van der Waals surface area contributed by atoms with Crippen molar-refractivity contribution < 1.29 is 14.4 Å². The summed E-state index contributed by atoms with van der Waals surface area (Å²) in [5, 5.41) is 19.8. The third-order valence-electron chi connectivity index (χ3n) is 1.87. The molecular weight excluding hydrogens is 291 g/mol. The molecule has 7 heteroatoms. The van der Waals surface area contributed by atoms with Gasteiger partial charge in [-0.25, -0.2) is 0 Å². The number of hydrogen-bond donors (Lipinski definition) is 0. The van der Waals surface area contributed by atoms with Crippen LogP contribution in [0.2, 0.25) is 5.32 Å². The molecule has 0 atom stereocenters. The third-order valence-corrected chi connectivity index (χ3v) is 2.91. The van der Waals surface area contributed by atoms with Crippen molar-refractivity contribution in [3.8, 4) is 16.5 Å². The summed E-state index contributed by atoms with van der Waals surface area (Å²) in [7, 11) is 1.37. The maximum absolute atomic E-state index is 10.7. The van der Waals surface area contributed by atoms with E-state index in [2.05, 4.69) is 4.97 Å². The molecule has 17 heavy (non-hydrogen) atoms. The summed E-state index contributed by atoms with van der Waals surface area (Å²) in [6, 6.07) is 4.41. The second-order valence-corrected chi connectivity index (χ2v) is 4.72. The predicted molar refractivity (Wildman–Crippen MR) is 61.3 cm³/mol. The zero-order valence-corrected chi connectivity index (χ0v) is 10.8. The Morgan fingerprint density at radius 1 is 1.59 bits per heavy atom. The molecule has 0 amide bonds. The van der Waals surface area contributed by atoms with Crippen LogP contribution in [0.25, 0.3) is 0 Å². The SMILES string of the molecule is COc1ccc(OCC[Se]C#N)cc1[N+](=O)[O-]. The van der Waals surface area contributed by atoms with Gasteiger partial charge in [0.05, 0.1) is 0 Å². The van der Waals surface area contributed by atoms with Gasteiger partial charge in [0.1, 0.15) is 0 Å². The number of nitrogens with zero attached hydrogens (tertiary/aromatic N) is 2. The van der Waals surface area contributed by atoms with Crippen LogP contribution in [0.15, 0.2) is 18.2 Å². The van der Waals surface area contributed by atoms with E-state index in [0.717, 1.165) is 0 Å². The van der Waals surface area contributed by atoms with Crippen molar-refractivity contribution in [3.63, 3.8) is 0 Å². The number of nitro benzene ring substituents is 1. The molecule has 1 aromatic rings. The van der Waals surface area contributed by atoms with Crippen molar-refractivity contribution in [1.82, 2.24) is 0 Å². The van der Waals surface area contributed by atoms with E-state index in [1.54, 1.807) is 6.07 Å². The Hall–Kier alpha value is -1.77. The van der Waals surface area contributed by atoms with E-state index in [1.807, 2.05) is 0 Å². The molecule has 1 aromatic carbocycles. The number of nitriles is 1. The van der Waals surface area contributed by atoms with Gasteiger partial charge in [-0.05, 0) is 0 Å². The molecule has 0 aromatic heterocycles. The number of rotatable bonds is 6. The van der Waals surface area contributed by atoms with E-state index in [1.165, 1.54) is 19.2 Å². The average Bonchev–Trinajstić information content (AvgIpc) is 2.34. The fourth-order valence-electron chi connectivity index (χ4n) is 1.15. The molecule has 0 heterocycles. The molecule has 0 aliphatic rings. The van der Waals surface area contributed by atoms with Crippen molar-refractivity contribution in [3.05, 3.63) is 28.3 Å². The van der Waals surface area contributed by atoms with Crippen molar-refractivity contribution in [1.29, 1.82) is 5.26 Å². The molecule has 0 saturated carbocycles. The topological polar surface area (TPSA) is 85.4 Å². The Kier molecular flexibility index (Phi) is 5.27. The molecule has 1 rings (SSSR count). The van der Waals surface area contributed by atoms with Crippen LogP contribution in [-0.4, -0.2) is 33.6 Å². The van der Waals surface area contributed by atoms with E-state index in [-0.39, 0.29) is 26.4 Å². The summed E-state index contributed by atoms with van der Waals surface area (Å²) in [6.45, 7) is 0.386. The molecule has 0 spiro atoms. The van der Waals surface area contributed by atoms with Gasteiger partial charge in [0.2, 0.25) is 0 Å². The van der Waals surface area contributed by atoms with E-state index in [0.29, 0.717) is 17.7 Å². The monoisotopic (exact) mass is 302 g/mol. The van der Waals surface area contributed by atoms with Crippen LogP contribution in [0.4, 0.5) is 5.69 Å². The molecule has 6 nitrogen and oxygen atoms in total. The number of nitro groups is 1. The third kappa shape index (κ3) is 3.94. The first kappa shape index (κ1) is 13.3. The van der Waals surface area contributed by atoms with E-state index in [4.69, 9.17) is 14.7 Å². The Bertz CT molecular complexity index is 444. The first-order valence-corrected chi connectivity index (χ1v) is 6.72. The van der Waals surface area contributed by atoms with Crippen LogP contribution in [-0.2, 0) is 0 Å². The molecule has 0 saturated heterocycles. The van der Waals surface area contributed by atoms with Crippen LogP contribution in [0.3, 0.4) is 0 Å². The zero-order chi connectivity index (χ0) is 12.7. The number of benzene rings is 1. The van der Waals surface area contributed by atoms with Crippen molar-refractivity contribution in [2.45, 2.75) is 5.32 Å². The summed E-state index contributed by atoms with van der Waals surface area (Å²) in [6.07, 6.45) is 0. The Morgan fingerprint density at radius 3 is 2.94 bits per heavy atom. The molecule has 0 unspecified atom stereocenters. The predicted octanol–water partition coefficient (Wildman–Crippen LogP) is 1.59. The summed E-state index contributed by atoms with van der Waals surface area (Å²) in [5.74, 6) is 0.606. The van der Waals surface area contributed by atoms with Crippen LogP contribution >= 0.6 is 0 Å². The molecule has 0 aliphatic carbocycles. The summed E-state index contributed by atoms with van der Waals surface area (Å²) < 4.78 is 10.2. The first-order chi connectivity index (χ1) is 8.19. The van der Waals surface area contributed by atoms with Gasteiger partial charge < -0.3 is 0 Å². The van der Waals surface area contributed by atoms with Crippen LogP contribution in [0.5, 0.6) is 11.5 Å². The molecule has 0 N–H and O–H groups in total. The maximum atomic E-state index is 10.7. The molecular formula is C10H10N2O4Se. The summed E-state index contributed by atoms with van der Waals surface area (Å²) in [4.78, 5) is 12.3. The van der Waals surface area contributed by atoms with E-state index in [9.17, 15) is 10.1 Å². The zero-order valence-electron chi connectivity index (χ0n) is 9.08. The van der Waals surface area contributed by atoms with E-state index >= 15 is 0 Å². The first-order valence-electron chi connectivity index (χ1n) is 4.65. The van der Waals surface area contributed by atoms with Crippen molar-refractivity contribution >= 4 is 20.6 Å². The summed E-state index contributed by atoms with van der Waals surface area (Å²) >= 11 is -0.0988. The summed E-state index contributed by atoms with van der Waals surface area (Å²) in [5.41, 5.74) is -0.129. The van der Waals surface area contributed by atoms with Gasteiger partial charge in [-0.2, -0.15) is 0 Å². The number of ether oxygens (including phenoxy) is 2. The Balaban J connectivity index is 2.72. The molecule has 90 valence electrons. The molecule has 0 aliphatic heterocycles. The van der Waals surface area contributed by atoms with Crippen molar-refractivity contribution in [2.24, 2.45) is 0 Å². The van der Waals surface area contributed by atoms with Gasteiger partial charge in [-0.3, -0.25) is 0 Å². The van der Waals surface area contributed by atoms with E-state index < -0.39 is 4.92 Å². The number of methoxy groups -OCH3 is 1. The quantitative estimate of drug-likeness (QED) is 0.345. The minimum atomic E-state index is -0.523. The Morgan fingerprint density at radius 2 is 2.35 bits per heavy atom. The van der Waals surface area contributed by atoms with Crippen molar-refractivity contribution in [2.75, 3.05) is 13.7 Å². The molecule has 0 bridgehead atoms.